The van der Waals surface area contributed by atoms with E-state index in [0.29, 0.717) is 30.5 Å². The Hall–Kier alpha value is -2.54. The van der Waals surface area contributed by atoms with E-state index in [1.54, 1.807) is 6.20 Å². The van der Waals surface area contributed by atoms with Crippen molar-refractivity contribution in [2.75, 3.05) is 31.6 Å². The van der Waals surface area contributed by atoms with E-state index in [2.05, 4.69) is 20.3 Å². The Labute approximate surface area is 159 Å². The third-order valence-electron chi connectivity index (χ3n) is 5.52. The van der Waals surface area contributed by atoms with Gasteiger partial charge < -0.3 is 15.0 Å². The number of carbonyl (C=O) groups excluding carboxylic acids is 1. The molecule has 1 spiro atoms. The number of nitrogens with one attached hydrogen (secondary N) is 1. The fourth-order valence-corrected chi connectivity index (χ4v) is 3.90. The first kappa shape index (κ1) is 17.9. The topological polar surface area (TPSA) is 80.2 Å². The van der Waals surface area contributed by atoms with Gasteiger partial charge in [0.05, 0.1) is 18.7 Å². The number of aryl methyl sites for hydroxylation is 2. The first-order chi connectivity index (χ1) is 13.1. The number of ether oxygens (including phenoxy) is 1. The van der Waals surface area contributed by atoms with Gasteiger partial charge in [0.25, 0.3) is 5.91 Å². The molecule has 2 aromatic heterocycles. The molecule has 1 atom stereocenters. The monoisotopic (exact) mass is 367 g/mol. The molecule has 27 heavy (non-hydrogen) atoms. The molecule has 1 unspecified atom stereocenters. The number of amides is 1. The number of aromatic nitrogens is 3. The summed E-state index contributed by atoms with van der Waals surface area (Å²) in [6.45, 7) is 6.77. The van der Waals surface area contributed by atoms with Crippen molar-refractivity contribution < 1.29 is 9.53 Å². The Kier molecular flexibility index (Phi) is 4.78. The van der Waals surface area contributed by atoms with Crippen LogP contribution in [0.4, 0.5) is 5.95 Å². The zero-order valence-corrected chi connectivity index (χ0v) is 15.8. The predicted molar refractivity (Wildman–Crippen MR) is 102 cm³/mol. The summed E-state index contributed by atoms with van der Waals surface area (Å²) in [5, 5.41) is 3.28. The molecule has 7 heteroatoms. The van der Waals surface area contributed by atoms with E-state index >= 15 is 0 Å². The summed E-state index contributed by atoms with van der Waals surface area (Å²) in [7, 11) is 0. The van der Waals surface area contributed by atoms with E-state index in [-0.39, 0.29) is 11.5 Å². The maximum Gasteiger partial charge on any atom is 0.255 e. The average molecular weight is 367 g/mol. The summed E-state index contributed by atoms with van der Waals surface area (Å²) < 4.78 is 6.07. The summed E-state index contributed by atoms with van der Waals surface area (Å²) in [4.78, 5) is 27.2. The minimum absolute atomic E-state index is 0.0357. The van der Waals surface area contributed by atoms with Crippen LogP contribution in [-0.4, -0.2) is 57.6 Å². The van der Waals surface area contributed by atoms with Crippen LogP contribution < -0.4 is 5.32 Å². The fourth-order valence-electron chi connectivity index (χ4n) is 3.90. The van der Waals surface area contributed by atoms with E-state index in [1.807, 2.05) is 43.3 Å². The van der Waals surface area contributed by atoms with Gasteiger partial charge in [-0.2, -0.15) is 0 Å². The zero-order valence-electron chi connectivity index (χ0n) is 15.8. The van der Waals surface area contributed by atoms with Crippen molar-refractivity contribution in [1.29, 1.82) is 0 Å². The molecule has 142 valence electrons. The minimum Gasteiger partial charge on any atom is -0.371 e. The predicted octanol–water partition coefficient (Wildman–Crippen LogP) is 2.22. The van der Waals surface area contributed by atoms with E-state index in [0.717, 1.165) is 37.3 Å². The van der Waals surface area contributed by atoms with Gasteiger partial charge in [-0.1, -0.05) is 0 Å². The quantitative estimate of drug-likeness (QED) is 0.873. The zero-order chi connectivity index (χ0) is 18.9. The molecule has 2 saturated heterocycles. The van der Waals surface area contributed by atoms with Crippen LogP contribution in [0.3, 0.4) is 0 Å². The number of likely N-dealkylation sites (tertiary alicyclic amines) is 1. The maximum atomic E-state index is 12.6. The lowest BCUT2D eigenvalue weighted by molar-refractivity contribution is -0.117. The third kappa shape index (κ3) is 3.64. The van der Waals surface area contributed by atoms with Crippen LogP contribution in [0.5, 0.6) is 0 Å². The molecule has 0 aliphatic carbocycles. The lowest BCUT2D eigenvalue weighted by Gasteiger charge is -2.50. The molecule has 2 aliphatic heterocycles. The van der Waals surface area contributed by atoms with Crippen LogP contribution in [0.1, 0.15) is 34.5 Å². The van der Waals surface area contributed by atoms with Gasteiger partial charge in [0.1, 0.15) is 5.60 Å². The average Bonchev–Trinajstić information content (AvgIpc) is 3.06. The van der Waals surface area contributed by atoms with Crippen molar-refractivity contribution in [1.82, 2.24) is 19.9 Å². The highest BCUT2D eigenvalue weighted by Gasteiger charge is 2.54. The molecule has 4 heterocycles. The van der Waals surface area contributed by atoms with Gasteiger partial charge in [-0.15, -0.1) is 0 Å². The van der Waals surface area contributed by atoms with E-state index < -0.39 is 0 Å². The van der Waals surface area contributed by atoms with Crippen molar-refractivity contribution in [3.63, 3.8) is 0 Å². The number of carbonyl (C=O) groups is 1. The van der Waals surface area contributed by atoms with E-state index in [9.17, 15) is 4.79 Å². The number of hydrogen-bond donors (Lipinski definition) is 1. The summed E-state index contributed by atoms with van der Waals surface area (Å²) in [5.74, 6) is 1.13. The Morgan fingerprint density at radius 3 is 2.70 bits per heavy atom. The molecule has 0 saturated carbocycles. The number of pyridine rings is 1. The Balaban J connectivity index is 1.30. The van der Waals surface area contributed by atoms with Crippen molar-refractivity contribution in [3.8, 4) is 0 Å². The summed E-state index contributed by atoms with van der Waals surface area (Å²) in [6, 6.07) is 3.71. The smallest absolute Gasteiger partial charge is 0.255 e. The summed E-state index contributed by atoms with van der Waals surface area (Å²) >= 11 is 0. The van der Waals surface area contributed by atoms with Crippen LogP contribution in [0.25, 0.3) is 0 Å². The van der Waals surface area contributed by atoms with Crippen LogP contribution in [0.2, 0.25) is 0 Å². The minimum atomic E-state index is -0.191. The highest BCUT2D eigenvalue weighted by atomic mass is 16.5. The molecular weight excluding hydrogens is 342 g/mol. The van der Waals surface area contributed by atoms with Crippen LogP contribution in [0, 0.1) is 19.8 Å². The molecule has 0 radical (unpaired) electrons. The van der Waals surface area contributed by atoms with E-state index in [4.69, 9.17) is 4.74 Å². The second kappa shape index (κ2) is 7.23. The van der Waals surface area contributed by atoms with Gasteiger partial charge in [0.2, 0.25) is 5.95 Å². The maximum absolute atomic E-state index is 12.6. The lowest BCUT2D eigenvalue weighted by Crippen LogP contribution is -2.66. The number of anilines is 1. The molecule has 2 aliphatic rings. The Morgan fingerprint density at radius 2 is 2.00 bits per heavy atom. The molecule has 7 nitrogen and oxygen atoms in total. The van der Waals surface area contributed by atoms with Crippen LogP contribution >= 0.6 is 0 Å². The number of nitrogens with zero attached hydrogens (tertiary/aromatic N) is 4. The summed E-state index contributed by atoms with van der Waals surface area (Å²) in [5.41, 5.74) is 2.41. The van der Waals surface area contributed by atoms with Crippen molar-refractivity contribution in [2.45, 2.75) is 32.3 Å². The molecule has 2 fully saturated rings. The molecule has 0 aromatic carbocycles. The molecule has 2 aromatic rings. The van der Waals surface area contributed by atoms with Crippen molar-refractivity contribution in [3.05, 3.63) is 47.5 Å². The molecular formula is C20H25N5O2. The third-order valence-corrected chi connectivity index (χ3v) is 5.52. The largest absolute Gasteiger partial charge is 0.371 e. The molecule has 4 rings (SSSR count). The first-order valence-electron chi connectivity index (χ1n) is 9.44. The fraction of sp³-hybridized carbons (Fsp3) is 0.500. The second-order valence-corrected chi connectivity index (χ2v) is 7.55. The highest BCUT2D eigenvalue weighted by Crippen LogP contribution is 2.42. The van der Waals surface area contributed by atoms with Gasteiger partial charge in [-0.25, -0.2) is 9.97 Å². The standard InChI is InChI=1S/C20H25N5O2/c1-14-9-23-19(24-10-14)21-7-5-17-6-8-27-20(17)12-25(13-20)18(26)16-4-3-15(2)22-11-16/h3-4,9-11,17H,5-8,12-13H2,1-2H3,(H,21,23,24). The first-order valence-corrected chi connectivity index (χ1v) is 9.44. The van der Waals surface area contributed by atoms with Gasteiger partial charge in [-0.05, 0) is 50.3 Å². The van der Waals surface area contributed by atoms with Crippen LogP contribution in [0.15, 0.2) is 30.7 Å². The normalized spacial score (nSPS) is 20.5. The van der Waals surface area contributed by atoms with E-state index in [1.165, 1.54) is 0 Å². The van der Waals surface area contributed by atoms with Gasteiger partial charge in [0, 0.05) is 37.4 Å². The SMILES string of the molecule is Cc1cnc(NCCC2CCOC23CN(C(=O)c2ccc(C)nc2)C3)nc1. The summed E-state index contributed by atoms with van der Waals surface area (Å²) in [6.07, 6.45) is 7.28. The van der Waals surface area contributed by atoms with Crippen LogP contribution in [-0.2, 0) is 4.74 Å². The lowest BCUT2D eigenvalue weighted by atomic mass is 9.78. The molecule has 0 bridgehead atoms. The number of rotatable bonds is 5. The van der Waals surface area contributed by atoms with Gasteiger partial charge >= 0.3 is 0 Å². The second-order valence-electron chi connectivity index (χ2n) is 7.55. The van der Waals surface area contributed by atoms with Crippen molar-refractivity contribution >= 4 is 11.9 Å². The Bertz CT molecular complexity index is 800. The van der Waals surface area contributed by atoms with Gasteiger partial charge in [0.15, 0.2) is 0 Å². The molecule has 1 amide bonds. The Morgan fingerprint density at radius 1 is 1.22 bits per heavy atom. The molecule has 1 N–H and O–H groups in total. The number of hydrogen-bond acceptors (Lipinski definition) is 6. The van der Waals surface area contributed by atoms with Crippen molar-refractivity contribution in [2.24, 2.45) is 5.92 Å². The highest BCUT2D eigenvalue weighted by molar-refractivity contribution is 5.94. The van der Waals surface area contributed by atoms with Gasteiger partial charge in [-0.3, -0.25) is 9.78 Å².